The predicted molar refractivity (Wildman–Crippen MR) is 87.2 cm³/mol. The zero-order valence-electron chi connectivity index (χ0n) is 14.1. The molecule has 1 fully saturated rings. The molecule has 1 saturated heterocycles. The Balaban J connectivity index is 1.79. The molecular weight excluding hydrogens is 262 g/mol. The number of hydrogen-bond donors (Lipinski definition) is 1. The van der Waals surface area contributed by atoms with Crippen molar-refractivity contribution in [2.24, 2.45) is 5.92 Å². The van der Waals surface area contributed by atoms with E-state index in [2.05, 4.69) is 49.1 Å². The van der Waals surface area contributed by atoms with Crippen molar-refractivity contribution in [1.29, 1.82) is 0 Å². The maximum Gasteiger partial charge on any atom is 0.122 e. The van der Waals surface area contributed by atoms with Crippen LogP contribution < -0.4 is 5.32 Å². The van der Waals surface area contributed by atoms with Gasteiger partial charge in [-0.3, -0.25) is 4.90 Å². The van der Waals surface area contributed by atoms with Gasteiger partial charge in [0.1, 0.15) is 5.76 Å². The fourth-order valence-corrected chi connectivity index (χ4v) is 3.02. The molecule has 0 amide bonds. The van der Waals surface area contributed by atoms with Crippen molar-refractivity contribution in [3.8, 4) is 0 Å². The molecule has 0 spiro atoms. The zero-order chi connectivity index (χ0) is 15.2. The van der Waals surface area contributed by atoms with Crippen LogP contribution in [0.4, 0.5) is 0 Å². The topological polar surface area (TPSA) is 31.7 Å². The van der Waals surface area contributed by atoms with E-state index in [1.54, 1.807) is 0 Å². The van der Waals surface area contributed by atoms with E-state index >= 15 is 0 Å². The van der Waals surface area contributed by atoms with Gasteiger partial charge in [-0.15, -0.1) is 0 Å². The lowest BCUT2D eigenvalue weighted by atomic mass is 9.96. The molecule has 0 saturated carbocycles. The molecule has 120 valence electrons. The molecule has 0 unspecified atom stereocenters. The third-order valence-corrected chi connectivity index (χ3v) is 4.24. The third-order valence-electron chi connectivity index (χ3n) is 4.24. The first-order valence-electron chi connectivity index (χ1n) is 8.20. The number of rotatable bonds is 7. The molecule has 4 heteroatoms. The van der Waals surface area contributed by atoms with Crippen LogP contribution in [0.3, 0.4) is 0 Å². The Hall–Kier alpha value is -0.840. The summed E-state index contributed by atoms with van der Waals surface area (Å²) in [5, 5.41) is 3.47. The van der Waals surface area contributed by atoms with Crippen LogP contribution in [-0.2, 0) is 13.1 Å². The normalized spacial score (nSPS) is 18.0. The standard InChI is InChI=1S/C17H31N3O/c1-14(2)18-11-16-7-10-21-17(16)13-20-8-5-15(6-9-20)12-19(3)4/h7,10,14-15,18H,5-6,8-9,11-13H2,1-4H3. The van der Waals surface area contributed by atoms with Crippen molar-refractivity contribution >= 4 is 0 Å². The number of nitrogens with zero attached hydrogens (tertiary/aromatic N) is 2. The quantitative estimate of drug-likeness (QED) is 0.837. The molecule has 0 bridgehead atoms. The van der Waals surface area contributed by atoms with E-state index in [1.807, 2.05) is 6.26 Å². The van der Waals surface area contributed by atoms with Gasteiger partial charge in [-0.25, -0.2) is 0 Å². The maximum atomic E-state index is 5.70. The van der Waals surface area contributed by atoms with Crippen molar-refractivity contribution in [2.45, 2.75) is 45.8 Å². The smallest absolute Gasteiger partial charge is 0.122 e. The summed E-state index contributed by atoms with van der Waals surface area (Å²) in [7, 11) is 4.34. The Morgan fingerprint density at radius 1 is 1.33 bits per heavy atom. The van der Waals surface area contributed by atoms with Gasteiger partial charge in [0.2, 0.25) is 0 Å². The molecule has 1 N–H and O–H groups in total. The van der Waals surface area contributed by atoms with Crippen molar-refractivity contribution in [2.75, 3.05) is 33.7 Å². The number of nitrogens with one attached hydrogen (secondary N) is 1. The summed E-state index contributed by atoms with van der Waals surface area (Å²) < 4.78 is 5.70. The second-order valence-corrected chi connectivity index (χ2v) is 6.89. The average Bonchev–Trinajstić information content (AvgIpc) is 2.85. The minimum absolute atomic E-state index is 0.509. The SMILES string of the molecule is CC(C)NCc1ccoc1CN1CCC(CN(C)C)CC1. The average molecular weight is 293 g/mol. The van der Waals surface area contributed by atoms with Crippen LogP contribution >= 0.6 is 0 Å². The molecule has 2 heterocycles. The summed E-state index contributed by atoms with van der Waals surface area (Å²) in [4.78, 5) is 4.84. The van der Waals surface area contributed by atoms with Gasteiger partial charge in [0.15, 0.2) is 0 Å². The van der Waals surface area contributed by atoms with Crippen molar-refractivity contribution < 1.29 is 4.42 Å². The Morgan fingerprint density at radius 2 is 2.05 bits per heavy atom. The first-order chi connectivity index (χ1) is 10.0. The van der Waals surface area contributed by atoms with Gasteiger partial charge in [-0.05, 0) is 52.0 Å². The minimum atomic E-state index is 0.509. The van der Waals surface area contributed by atoms with Gasteiger partial charge in [0, 0.05) is 24.7 Å². The highest BCUT2D eigenvalue weighted by Crippen LogP contribution is 2.21. The first-order valence-corrected chi connectivity index (χ1v) is 8.20. The molecule has 0 aliphatic carbocycles. The molecule has 0 aromatic carbocycles. The summed E-state index contributed by atoms with van der Waals surface area (Å²) in [6, 6.07) is 2.61. The monoisotopic (exact) mass is 293 g/mol. The fraction of sp³-hybridized carbons (Fsp3) is 0.765. The van der Waals surface area contributed by atoms with Gasteiger partial charge in [-0.1, -0.05) is 13.8 Å². The van der Waals surface area contributed by atoms with Crippen LogP contribution in [0.1, 0.15) is 38.0 Å². The van der Waals surface area contributed by atoms with Crippen LogP contribution in [0.2, 0.25) is 0 Å². The molecule has 2 rings (SSSR count). The summed E-state index contributed by atoms with van der Waals surface area (Å²) >= 11 is 0. The van der Waals surface area contributed by atoms with E-state index < -0.39 is 0 Å². The summed E-state index contributed by atoms with van der Waals surface area (Å²) in [6.45, 7) is 9.81. The zero-order valence-corrected chi connectivity index (χ0v) is 14.1. The second kappa shape index (κ2) is 7.97. The van der Waals surface area contributed by atoms with Crippen molar-refractivity contribution in [3.05, 3.63) is 23.7 Å². The van der Waals surface area contributed by atoms with E-state index in [-0.39, 0.29) is 0 Å². The molecular formula is C17H31N3O. The largest absolute Gasteiger partial charge is 0.468 e. The molecule has 1 aliphatic heterocycles. The van der Waals surface area contributed by atoms with Crippen molar-refractivity contribution in [1.82, 2.24) is 15.1 Å². The number of hydrogen-bond acceptors (Lipinski definition) is 4. The Morgan fingerprint density at radius 3 is 2.67 bits per heavy atom. The van der Waals surface area contributed by atoms with Crippen LogP contribution in [-0.4, -0.2) is 49.6 Å². The lowest BCUT2D eigenvalue weighted by molar-refractivity contribution is 0.148. The Kier molecular flexibility index (Phi) is 6.27. The fourth-order valence-electron chi connectivity index (χ4n) is 3.02. The molecule has 1 aliphatic rings. The summed E-state index contributed by atoms with van der Waals surface area (Å²) in [5.74, 6) is 1.99. The molecule has 4 nitrogen and oxygen atoms in total. The molecule has 21 heavy (non-hydrogen) atoms. The summed E-state index contributed by atoms with van der Waals surface area (Å²) in [5.41, 5.74) is 1.30. The van der Waals surface area contributed by atoms with Gasteiger partial charge < -0.3 is 14.6 Å². The Labute approximate surface area is 129 Å². The summed E-state index contributed by atoms with van der Waals surface area (Å²) in [6.07, 6.45) is 4.43. The van der Waals surface area contributed by atoms with Crippen LogP contribution in [0.25, 0.3) is 0 Å². The van der Waals surface area contributed by atoms with Gasteiger partial charge in [-0.2, -0.15) is 0 Å². The number of piperidine rings is 1. The third kappa shape index (κ3) is 5.46. The number of likely N-dealkylation sites (tertiary alicyclic amines) is 1. The molecule has 0 radical (unpaired) electrons. The molecule has 0 atom stereocenters. The highest BCUT2D eigenvalue weighted by molar-refractivity contribution is 5.17. The van der Waals surface area contributed by atoms with Gasteiger partial charge in [0.25, 0.3) is 0 Å². The van der Waals surface area contributed by atoms with E-state index in [9.17, 15) is 0 Å². The molecule has 1 aromatic heterocycles. The van der Waals surface area contributed by atoms with Crippen LogP contribution in [0.15, 0.2) is 16.7 Å². The van der Waals surface area contributed by atoms with Crippen LogP contribution in [0, 0.1) is 5.92 Å². The highest BCUT2D eigenvalue weighted by Gasteiger charge is 2.21. The first kappa shape index (κ1) is 16.5. The number of furan rings is 1. The molecule has 1 aromatic rings. The maximum absolute atomic E-state index is 5.70. The van der Waals surface area contributed by atoms with Crippen molar-refractivity contribution in [3.63, 3.8) is 0 Å². The van der Waals surface area contributed by atoms with E-state index in [0.717, 1.165) is 24.8 Å². The van der Waals surface area contributed by atoms with E-state index in [0.29, 0.717) is 6.04 Å². The van der Waals surface area contributed by atoms with Gasteiger partial charge in [0.05, 0.1) is 12.8 Å². The van der Waals surface area contributed by atoms with Crippen LogP contribution in [0.5, 0.6) is 0 Å². The predicted octanol–water partition coefficient (Wildman–Crippen LogP) is 2.55. The Bertz CT molecular complexity index is 406. The lowest BCUT2D eigenvalue weighted by Gasteiger charge is -2.32. The van der Waals surface area contributed by atoms with E-state index in [4.69, 9.17) is 4.42 Å². The van der Waals surface area contributed by atoms with Gasteiger partial charge >= 0.3 is 0 Å². The minimum Gasteiger partial charge on any atom is -0.468 e. The van der Waals surface area contributed by atoms with E-state index in [1.165, 1.54) is 38.0 Å². The lowest BCUT2D eigenvalue weighted by Crippen LogP contribution is -2.36. The second-order valence-electron chi connectivity index (χ2n) is 6.89. The highest BCUT2D eigenvalue weighted by atomic mass is 16.3.